The van der Waals surface area contributed by atoms with Gasteiger partial charge in [0.2, 0.25) is 5.95 Å². The smallest absolute Gasteiger partial charge is 0.257 e. The Hall–Kier alpha value is -1.39. The van der Waals surface area contributed by atoms with Crippen LogP contribution in [0.2, 0.25) is 0 Å². The van der Waals surface area contributed by atoms with Crippen LogP contribution in [0.1, 0.15) is 23.7 Å². The Morgan fingerprint density at radius 3 is 2.92 bits per heavy atom. The molecule has 0 aliphatic carbocycles. The first-order valence-electron chi connectivity index (χ1n) is 4.12. The number of rotatable bonds is 3. The number of nitrogens with one attached hydrogen (secondary N) is 1. The lowest BCUT2D eigenvalue weighted by molar-refractivity contribution is 0.0949. The zero-order valence-electron chi connectivity index (χ0n) is 7.67. The second-order valence-corrected chi connectivity index (χ2v) is 2.76. The first kappa shape index (κ1) is 9.70. The molecular formula is C8H12FN3O. The minimum atomic E-state index is -0.726. The van der Waals surface area contributed by atoms with E-state index < -0.39 is 11.9 Å². The van der Waals surface area contributed by atoms with E-state index in [2.05, 4.69) is 10.4 Å². The van der Waals surface area contributed by atoms with Crippen molar-refractivity contribution in [2.45, 2.75) is 13.3 Å². The maximum absolute atomic E-state index is 12.9. The second-order valence-electron chi connectivity index (χ2n) is 2.76. The van der Waals surface area contributed by atoms with E-state index in [0.717, 1.165) is 6.42 Å². The fraction of sp³-hybridized carbons (Fsp3) is 0.500. The Morgan fingerprint density at radius 2 is 2.46 bits per heavy atom. The van der Waals surface area contributed by atoms with Crippen LogP contribution in [-0.4, -0.2) is 22.2 Å². The Morgan fingerprint density at radius 1 is 1.77 bits per heavy atom. The van der Waals surface area contributed by atoms with Gasteiger partial charge in [0.1, 0.15) is 5.56 Å². The zero-order chi connectivity index (χ0) is 9.84. The number of nitrogens with zero attached hydrogens (tertiary/aromatic N) is 2. The van der Waals surface area contributed by atoms with E-state index in [-0.39, 0.29) is 5.56 Å². The SMILES string of the molecule is CCCNC(=O)c1cn(C)nc1F. The van der Waals surface area contributed by atoms with Gasteiger partial charge in [0.25, 0.3) is 5.91 Å². The molecule has 13 heavy (non-hydrogen) atoms. The van der Waals surface area contributed by atoms with Gasteiger partial charge in [-0.3, -0.25) is 9.48 Å². The van der Waals surface area contributed by atoms with Gasteiger partial charge in [0.15, 0.2) is 0 Å². The average molecular weight is 185 g/mol. The van der Waals surface area contributed by atoms with Crippen molar-refractivity contribution in [2.75, 3.05) is 6.54 Å². The normalized spacial score (nSPS) is 10.1. The number of amides is 1. The van der Waals surface area contributed by atoms with Crippen LogP contribution in [0.3, 0.4) is 0 Å². The number of aromatic nitrogens is 2. The molecule has 1 rings (SSSR count). The fourth-order valence-electron chi connectivity index (χ4n) is 0.947. The summed E-state index contributed by atoms with van der Waals surface area (Å²) in [6.07, 6.45) is 2.19. The number of carbonyl (C=O) groups is 1. The van der Waals surface area contributed by atoms with Crippen LogP contribution in [0, 0.1) is 5.95 Å². The molecule has 0 unspecified atom stereocenters. The van der Waals surface area contributed by atoms with Crippen LogP contribution in [0.5, 0.6) is 0 Å². The summed E-state index contributed by atoms with van der Waals surface area (Å²) in [6, 6.07) is 0. The van der Waals surface area contributed by atoms with E-state index in [1.165, 1.54) is 10.9 Å². The molecule has 0 aliphatic rings. The van der Waals surface area contributed by atoms with Crippen LogP contribution in [0.4, 0.5) is 4.39 Å². The maximum Gasteiger partial charge on any atom is 0.257 e. The van der Waals surface area contributed by atoms with E-state index >= 15 is 0 Å². The van der Waals surface area contributed by atoms with Crippen molar-refractivity contribution in [3.05, 3.63) is 17.7 Å². The van der Waals surface area contributed by atoms with Crippen LogP contribution in [0.25, 0.3) is 0 Å². The van der Waals surface area contributed by atoms with Crippen LogP contribution < -0.4 is 5.32 Å². The highest BCUT2D eigenvalue weighted by Crippen LogP contribution is 2.03. The molecule has 1 aromatic heterocycles. The number of hydrogen-bond donors (Lipinski definition) is 1. The van der Waals surface area contributed by atoms with Crippen LogP contribution in [0.15, 0.2) is 6.20 Å². The van der Waals surface area contributed by atoms with E-state index in [1.54, 1.807) is 7.05 Å². The van der Waals surface area contributed by atoms with E-state index in [4.69, 9.17) is 0 Å². The van der Waals surface area contributed by atoms with Gasteiger partial charge >= 0.3 is 0 Å². The molecule has 0 saturated heterocycles. The monoisotopic (exact) mass is 185 g/mol. The van der Waals surface area contributed by atoms with Gasteiger partial charge in [-0.25, -0.2) is 0 Å². The predicted molar refractivity (Wildman–Crippen MR) is 45.8 cm³/mol. The average Bonchev–Trinajstić information content (AvgIpc) is 2.41. The van der Waals surface area contributed by atoms with Crippen molar-refractivity contribution >= 4 is 5.91 Å². The lowest BCUT2D eigenvalue weighted by Crippen LogP contribution is -2.24. The van der Waals surface area contributed by atoms with Crippen LogP contribution in [-0.2, 0) is 7.05 Å². The van der Waals surface area contributed by atoms with Crippen molar-refractivity contribution in [1.29, 1.82) is 0 Å². The first-order chi connectivity index (χ1) is 6.15. The summed E-state index contributed by atoms with van der Waals surface area (Å²) in [7, 11) is 1.57. The summed E-state index contributed by atoms with van der Waals surface area (Å²) >= 11 is 0. The third-order valence-electron chi connectivity index (χ3n) is 1.56. The van der Waals surface area contributed by atoms with Crippen molar-refractivity contribution in [3.63, 3.8) is 0 Å². The fourth-order valence-corrected chi connectivity index (χ4v) is 0.947. The molecule has 4 nitrogen and oxygen atoms in total. The topological polar surface area (TPSA) is 46.9 Å². The van der Waals surface area contributed by atoms with Gasteiger partial charge in [0.05, 0.1) is 0 Å². The summed E-state index contributed by atoms with van der Waals surface area (Å²) in [5.41, 5.74) is -0.00375. The lowest BCUT2D eigenvalue weighted by Gasteiger charge is -1.99. The summed E-state index contributed by atoms with van der Waals surface area (Å²) < 4.78 is 14.2. The molecule has 0 saturated carbocycles. The van der Waals surface area contributed by atoms with Crippen molar-refractivity contribution in [1.82, 2.24) is 15.1 Å². The number of carbonyl (C=O) groups excluding carboxylic acids is 1. The minimum Gasteiger partial charge on any atom is -0.352 e. The molecule has 1 N–H and O–H groups in total. The third-order valence-corrected chi connectivity index (χ3v) is 1.56. The lowest BCUT2D eigenvalue weighted by atomic mass is 10.3. The molecule has 0 atom stereocenters. The first-order valence-corrected chi connectivity index (χ1v) is 4.12. The van der Waals surface area contributed by atoms with Gasteiger partial charge in [-0.05, 0) is 6.42 Å². The van der Waals surface area contributed by atoms with E-state index in [0.29, 0.717) is 6.54 Å². The third kappa shape index (κ3) is 2.27. The molecule has 1 aromatic rings. The standard InChI is InChI=1S/C8H12FN3O/c1-3-4-10-8(13)6-5-12(2)11-7(6)9/h5H,3-4H2,1-2H3,(H,10,13). The highest BCUT2D eigenvalue weighted by molar-refractivity contribution is 5.93. The number of aryl methyl sites for hydroxylation is 1. The molecule has 0 radical (unpaired) electrons. The molecular weight excluding hydrogens is 173 g/mol. The van der Waals surface area contributed by atoms with Gasteiger partial charge in [-0.2, -0.15) is 4.39 Å². The zero-order valence-corrected chi connectivity index (χ0v) is 7.67. The van der Waals surface area contributed by atoms with E-state index in [1.807, 2.05) is 6.92 Å². The highest BCUT2D eigenvalue weighted by Gasteiger charge is 2.14. The Labute approximate surface area is 75.7 Å². The summed E-state index contributed by atoms with van der Waals surface area (Å²) in [5, 5.41) is 6.00. The largest absolute Gasteiger partial charge is 0.352 e. The molecule has 0 spiro atoms. The van der Waals surface area contributed by atoms with E-state index in [9.17, 15) is 9.18 Å². The molecule has 1 heterocycles. The molecule has 5 heteroatoms. The molecule has 0 aromatic carbocycles. The maximum atomic E-state index is 12.9. The van der Waals surface area contributed by atoms with Crippen molar-refractivity contribution in [3.8, 4) is 0 Å². The molecule has 0 aliphatic heterocycles. The Balaban J connectivity index is 2.70. The second kappa shape index (κ2) is 4.02. The molecule has 1 amide bonds. The summed E-state index contributed by atoms with van der Waals surface area (Å²) in [6.45, 7) is 2.48. The minimum absolute atomic E-state index is 0.00375. The molecule has 0 bridgehead atoms. The Kier molecular flexibility index (Phi) is 3.00. The molecule has 0 fully saturated rings. The van der Waals surface area contributed by atoms with Crippen molar-refractivity contribution < 1.29 is 9.18 Å². The van der Waals surface area contributed by atoms with Crippen LogP contribution >= 0.6 is 0 Å². The van der Waals surface area contributed by atoms with Gasteiger partial charge < -0.3 is 5.32 Å². The predicted octanol–water partition coefficient (Wildman–Crippen LogP) is 0.699. The van der Waals surface area contributed by atoms with Gasteiger partial charge in [-0.1, -0.05) is 6.92 Å². The number of hydrogen-bond acceptors (Lipinski definition) is 2. The quantitative estimate of drug-likeness (QED) is 0.753. The highest BCUT2D eigenvalue weighted by atomic mass is 19.1. The van der Waals surface area contributed by atoms with Gasteiger partial charge in [-0.15, -0.1) is 5.10 Å². The molecule has 72 valence electrons. The van der Waals surface area contributed by atoms with Crippen molar-refractivity contribution in [2.24, 2.45) is 7.05 Å². The summed E-state index contributed by atoms with van der Waals surface area (Å²) in [4.78, 5) is 11.2. The van der Waals surface area contributed by atoms with Gasteiger partial charge in [0, 0.05) is 19.8 Å². The number of halogens is 1. The Bertz CT molecular complexity index is 308. The summed E-state index contributed by atoms with van der Waals surface area (Å²) in [5.74, 6) is -1.14.